The Balaban J connectivity index is 1.63. The number of alkyl halides is 3. The molecule has 0 spiro atoms. The lowest BCUT2D eigenvalue weighted by Gasteiger charge is -2.33. The van der Waals surface area contributed by atoms with Gasteiger partial charge in [0.25, 0.3) is 0 Å². The van der Waals surface area contributed by atoms with E-state index in [0.717, 1.165) is 12.0 Å². The summed E-state index contributed by atoms with van der Waals surface area (Å²) < 4.78 is 49.2. The van der Waals surface area contributed by atoms with Crippen LogP contribution in [0.25, 0.3) is 0 Å². The van der Waals surface area contributed by atoms with Crippen LogP contribution in [-0.4, -0.2) is 19.0 Å². The van der Waals surface area contributed by atoms with Gasteiger partial charge < -0.3 is 14.8 Å². The molecule has 3 unspecified atom stereocenters. The first-order valence-electron chi connectivity index (χ1n) is 7.66. The fourth-order valence-corrected chi connectivity index (χ4v) is 3.27. The summed E-state index contributed by atoms with van der Waals surface area (Å²) in [7, 11) is 0. The number of nitrogens with one attached hydrogen (secondary N) is 1. The Morgan fingerprint density at radius 2 is 1.95 bits per heavy atom. The van der Waals surface area contributed by atoms with Gasteiger partial charge in [0, 0.05) is 12.1 Å². The molecule has 0 saturated heterocycles. The van der Waals surface area contributed by atoms with Crippen LogP contribution in [0.2, 0.25) is 0 Å². The van der Waals surface area contributed by atoms with Gasteiger partial charge in [-0.2, -0.15) is 13.2 Å². The van der Waals surface area contributed by atoms with Crippen molar-refractivity contribution in [1.29, 1.82) is 0 Å². The van der Waals surface area contributed by atoms with Gasteiger partial charge in [-0.1, -0.05) is 12.5 Å². The normalized spacial score (nSPS) is 26.0. The van der Waals surface area contributed by atoms with Crippen molar-refractivity contribution in [2.45, 2.75) is 50.9 Å². The van der Waals surface area contributed by atoms with E-state index in [2.05, 4.69) is 5.32 Å². The number of hydrogen-bond donors (Lipinski definition) is 1. The molecule has 0 amide bonds. The molecule has 0 radical (unpaired) electrons. The Morgan fingerprint density at radius 3 is 2.73 bits per heavy atom. The highest BCUT2D eigenvalue weighted by Gasteiger charge is 2.42. The second kappa shape index (κ2) is 5.99. The number of halogens is 3. The van der Waals surface area contributed by atoms with Gasteiger partial charge in [0.05, 0.1) is 5.92 Å². The highest BCUT2D eigenvalue weighted by molar-refractivity contribution is 5.45. The van der Waals surface area contributed by atoms with E-state index in [9.17, 15) is 13.2 Å². The lowest BCUT2D eigenvalue weighted by Crippen LogP contribution is -2.39. The summed E-state index contributed by atoms with van der Waals surface area (Å²) in [5, 5.41) is 3.33. The number of hydrogen-bond acceptors (Lipinski definition) is 3. The van der Waals surface area contributed by atoms with Gasteiger partial charge in [-0.3, -0.25) is 0 Å². The van der Waals surface area contributed by atoms with Crippen molar-refractivity contribution in [2.75, 3.05) is 6.79 Å². The van der Waals surface area contributed by atoms with Gasteiger partial charge in [-0.05, 0) is 43.9 Å². The smallest absolute Gasteiger partial charge is 0.391 e. The van der Waals surface area contributed by atoms with Crippen LogP contribution in [0.1, 0.15) is 44.2 Å². The third-order valence-electron chi connectivity index (χ3n) is 4.52. The summed E-state index contributed by atoms with van der Waals surface area (Å²) in [4.78, 5) is 0. The van der Waals surface area contributed by atoms with Crippen LogP contribution < -0.4 is 14.8 Å². The monoisotopic (exact) mass is 315 g/mol. The summed E-state index contributed by atoms with van der Waals surface area (Å²) in [6.45, 7) is 2.19. The minimum absolute atomic E-state index is 0.0218. The zero-order chi connectivity index (χ0) is 15.7. The van der Waals surface area contributed by atoms with E-state index in [4.69, 9.17) is 9.47 Å². The van der Waals surface area contributed by atoms with Crippen molar-refractivity contribution in [3.8, 4) is 11.5 Å². The fourth-order valence-electron chi connectivity index (χ4n) is 3.27. The zero-order valence-corrected chi connectivity index (χ0v) is 12.5. The Bertz CT molecular complexity index is 533. The highest BCUT2D eigenvalue weighted by atomic mass is 19.4. The molecule has 1 aromatic carbocycles. The second-order valence-electron chi connectivity index (χ2n) is 6.10. The van der Waals surface area contributed by atoms with Crippen LogP contribution in [0.15, 0.2) is 18.2 Å². The predicted molar refractivity (Wildman–Crippen MR) is 75.9 cm³/mol. The van der Waals surface area contributed by atoms with Crippen LogP contribution >= 0.6 is 0 Å². The highest BCUT2D eigenvalue weighted by Crippen LogP contribution is 2.38. The quantitative estimate of drug-likeness (QED) is 0.907. The summed E-state index contributed by atoms with van der Waals surface area (Å²) in [5.74, 6) is 0.233. The molecule has 3 rings (SSSR count). The first-order chi connectivity index (χ1) is 10.4. The molecule has 3 nitrogen and oxygen atoms in total. The molecule has 1 heterocycles. The molecule has 0 aromatic heterocycles. The lowest BCUT2D eigenvalue weighted by atomic mass is 9.85. The Labute approximate surface area is 127 Å². The topological polar surface area (TPSA) is 30.5 Å². The van der Waals surface area contributed by atoms with E-state index < -0.39 is 12.1 Å². The maximum atomic E-state index is 12.9. The molecule has 1 aromatic rings. The van der Waals surface area contributed by atoms with Gasteiger partial charge in [-0.25, -0.2) is 0 Å². The van der Waals surface area contributed by atoms with Gasteiger partial charge in [0.15, 0.2) is 11.5 Å². The number of ether oxygens (including phenoxy) is 2. The van der Waals surface area contributed by atoms with E-state index in [1.807, 2.05) is 25.1 Å². The summed E-state index contributed by atoms with van der Waals surface area (Å²) in [6.07, 6.45) is -2.25. The van der Waals surface area contributed by atoms with E-state index in [0.29, 0.717) is 17.9 Å². The first kappa shape index (κ1) is 15.5. The zero-order valence-electron chi connectivity index (χ0n) is 12.5. The predicted octanol–water partition coefficient (Wildman–Crippen LogP) is 4.19. The molecule has 22 heavy (non-hydrogen) atoms. The molecule has 1 fully saturated rings. The second-order valence-corrected chi connectivity index (χ2v) is 6.10. The molecule has 1 aliphatic carbocycles. The standard InChI is InChI=1S/C16H20F3NO2/c1-10(11-5-6-14-15(7-11)22-9-21-14)20-13-4-2-3-12(8-13)16(17,18)19/h5-7,10,12-13,20H,2-4,8-9H2,1H3. The van der Waals surface area contributed by atoms with Crippen LogP contribution in [0, 0.1) is 5.92 Å². The average molecular weight is 315 g/mol. The van der Waals surface area contributed by atoms with Gasteiger partial charge in [0.1, 0.15) is 0 Å². The fraction of sp³-hybridized carbons (Fsp3) is 0.625. The number of fused-ring (bicyclic) bond motifs is 1. The van der Waals surface area contributed by atoms with Crippen LogP contribution in [0.4, 0.5) is 13.2 Å². The van der Waals surface area contributed by atoms with Crippen LogP contribution in [0.5, 0.6) is 11.5 Å². The van der Waals surface area contributed by atoms with Crippen LogP contribution in [0.3, 0.4) is 0 Å². The maximum Gasteiger partial charge on any atom is 0.391 e. The van der Waals surface area contributed by atoms with Gasteiger partial charge in [0.2, 0.25) is 6.79 Å². The minimum atomic E-state index is -4.08. The largest absolute Gasteiger partial charge is 0.454 e. The van der Waals surface area contributed by atoms with E-state index in [1.54, 1.807) is 0 Å². The van der Waals surface area contributed by atoms with E-state index >= 15 is 0 Å². The molecule has 1 aliphatic heterocycles. The Morgan fingerprint density at radius 1 is 1.18 bits per heavy atom. The molecule has 2 aliphatic rings. The van der Waals surface area contributed by atoms with Crippen molar-refractivity contribution < 1.29 is 22.6 Å². The summed E-state index contributed by atoms with van der Waals surface area (Å²) in [6, 6.07) is 5.54. The molecule has 0 bridgehead atoms. The number of benzene rings is 1. The first-order valence-corrected chi connectivity index (χ1v) is 7.66. The van der Waals surface area contributed by atoms with E-state index in [-0.39, 0.29) is 31.7 Å². The number of rotatable bonds is 3. The van der Waals surface area contributed by atoms with Crippen molar-refractivity contribution >= 4 is 0 Å². The molecular weight excluding hydrogens is 295 g/mol. The average Bonchev–Trinajstić information content (AvgIpc) is 2.94. The Kier molecular flexibility index (Phi) is 4.21. The third kappa shape index (κ3) is 3.32. The maximum absolute atomic E-state index is 12.9. The summed E-state index contributed by atoms with van der Waals surface area (Å²) in [5.41, 5.74) is 0.999. The molecular formula is C16H20F3NO2. The van der Waals surface area contributed by atoms with Crippen molar-refractivity contribution in [1.82, 2.24) is 5.32 Å². The molecule has 1 saturated carbocycles. The van der Waals surface area contributed by atoms with Crippen molar-refractivity contribution in [3.63, 3.8) is 0 Å². The van der Waals surface area contributed by atoms with Gasteiger partial charge in [-0.15, -0.1) is 0 Å². The molecule has 1 N–H and O–H groups in total. The molecule has 6 heteroatoms. The SMILES string of the molecule is CC(NC1CCCC(C(F)(F)F)C1)c1ccc2c(c1)OCO2. The summed E-state index contributed by atoms with van der Waals surface area (Å²) >= 11 is 0. The van der Waals surface area contributed by atoms with E-state index in [1.165, 1.54) is 0 Å². The minimum Gasteiger partial charge on any atom is -0.454 e. The Hall–Kier alpha value is -1.43. The van der Waals surface area contributed by atoms with Gasteiger partial charge >= 0.3 is 6.18 Å². The van der Waals surface area contributed by atoms with Crippen molar-refractivity contribution in [3.05, 3.63) is 23.8 Å². The third-order valence-corrected chi connectivity index (χ3v) is 4.52. The van der Waals surface area contributed by atoms with Crippen LogP contribution in [-0.2, 0) is 0 Å². The molecule has 122 valence electrons. The lowest BCUT2D eigenvalue weighted by molar-refractivity contribution is -0.183. The molecule has 3 atom stereocenters. The van der Waals surface area contributed by atoms with Crippen molar-refractivity contribution in [2.24, 2.45) is 5.92 Å².